The van der Waals surface area contributed by atoms with Gasteiger partial charge in [0.25, 0.3) is 5.91 Å². The lowest BCUT2D eigenvalue weighted by Gasteiger charge is -2.06. The monoisotopic (exact) mass is 216 g/mol. The van der Waals surface area contributed by atoms with Crippen molar-refractivity contribution in [3.63, 3.8) is 0 Å². The molecule has 16 heavy (non-hydrogen) atoms. The molecule has 1 aromatic heterocycles. The first-order valence-electron chi connectivity index (χ1n) is 4.86. The van der Waals surface area contributed by atoms with E-state index in [9.17, 15) is 4.79 Å². The van der Waals surface area contributed by atoms with Crippen molar-refractivity contribution in [1.29, 1.82) is 0 Å². The smallest absolute Gasteiger partial charge is 0.258 e. The van der Waals surface area contributed by atoms with Gasteiger partial charge in [-0.15, -0.1) is 0 Å². The molecule has 82 valence electrons. The van der Waals surface area contributed by atoms with Crippen molar-refractivity contribution in [3.8, 4) is 0 Å². The highest BCUT2D eigenvalue weighted by Crippen LogP contribution is 2.17. The maximum absolute atomic E-state index is 11.7. The molecule has 0 fully saturated rings. The van der Waals surface area contributed by atoms with E-state index >= 15 is 0 Å². The number of hydrogen-bond donors (Lipinski definition) is 2. The van der Waals surface area contributed by atoms with Crippen molar-refractivity contribution < 1.29 is 9.21 Å². The number of nitrogen functional groups attached to an aromatic ring is 1. The summed E-state index contributed by atoms with van der Waals surface area (Å²) < 4.78 is 4.84. The third-order valence-corrected chi connectivity index (χ3v) is 2.31. The summed E-state index contributed by atoms with van der Waals surface area (Å²) in [6, 6.07) is 6.97. The molecular weight excluding hydrogens is 204 g/mol. The second-order valence-electron chi connectivity index (χ2n) is 3.54. The van der Waals surface area contributed by atoms with Gasteiger partial charge in [-0.2, -0.15) is 0 Å². The van der Waals surface area contributed by atoms with E-state index in [1.54, 1.807) is 18.2 Å². The number of furan rings is 1. The van der Waals surface area contributed by atoms with Gasteiger partial charge in [0, 0.05) is 11.4 Å². The quantitative estimate of drug-likeness (QED) is 0.757. The Morgan fingerprint density at radius 1 is 1.38 bits per heavy atom. The number of amides is 1. The molecule has 0 aliphatic carbocycles. The summed E-state index contributed by atoms with van der Waals surface area (Å²) in [6.07, 6.45) is 2.86. The topological polar surface area (TPSA) is 68.3 Å². The van der Waals surface area contributed by atoms with Gasteiger partial charge >= 0.3 is 0 Å². The van der Waals surface area contributed by atoms with Crippen molar-refractivity contribution in [2.45, 2.75) is 6.92 Å². The number of rotatable bonds is 2. The van der Waals surface area contributed by atoms with Gasteiger partial charge in [0.15, 0.2) is 0 Å². The molecule has 0 atom stereocenters. The van der Waals surface area contributed by atoms with E-state index in [4.69, 9.17) is 10.2 Å². The van der Waals surface area contributed by atoms with Crippen molar-refractivity contribution in [1.82, 2.24) is 0 Å². The molecule has 0 aliphatic rings. The van der Waals surface area contributed by atoms with Crippen molar-refractivity contribution in [2.75, 3.05) is 11.1 Å². The standard InChI is InChI=1S/C12H12N2O2/c1-8-6-10(2-3-11(8)13)14-12(15)9-4-5-16-7-9/h2-7H,13H2,1H3,(H,14,15). The Morgan fingerprint density at radius 3 is 2.81 bits per heavy atom. The fraction of sp³-hybridized carbons (Fsp3) is 0.0833. The van der Waals surface area contributed by atoms with E-state index in [-0.39, 0.29) is 5.91 Å². The van der Waals surface area contributed by atoms with E-state index < -0.39 is 0 Å². The number of hydrogen-bond acceptors (Lipinski definition) is 3. The second-order valence-corrected chi connectivity index (χ2v) is 3.54. The highest BCUT2D eigenvalue weighted by molar-refractivity contribution is 6.04. The maximum atomic E-state index is 11.7. The number of nitrogens with one attached hydrogen (secondary N) is 1. The summed E-state index contributed by atoms with van der Waals surface area (Å²) >= 11 is 0. The molecule has 0 saturated carbocycles. The number of benzene rings is 1. The Hall–Kier alpha value is -2.23. The molecule has 1 heterocycles. The average Bonchev–Trinajstić information content (AvgIpc) is 2.77. The molecule has 0 aliphatic heterocycles. The molecule has 0 saturated heterocycles. The van der Waals surface area contributed by atoms with Gasteiger partial charge in [0.1, 0.15) is 6.26 Å². The molecule has 1 amide bonds. The first-order valence-corrected chi connectivity index (χ1v) is 4.86. The summed E-state index contributed by atoms with van der Waals surface area (Å²) in [7, 11) is 0. The van der Waals surface area contributed by atoms with E-state index in [0.29, 0.717) is 11.3 Å². The number of aryl methyl sites for hydroxylation is 1. The number of carbonyl (C=O) groups is 1. The van der Waals surface area contributed by atoms with Gasteiger partial charge in [-0.05, 0) is 36.8 Å². The normalized spacial score (nSPS) is 10.1. The minimum atomic E-state index is -0.196. The van der Waals surface area contributed by atoms with Crippen LogP contribution in [0.5, 0.6) is 0 Å². The van der Waals surface area contributed by atoms with E-state index in [1.165, 1.54) is 12.5 Å². The van der Waals surface area contributed by atoms with Crippen LogP contribution >= 0.6 is 0 Å². The molecule has 0 bridgehead atoms. The van der Waals surface area contributed by atoms with Crippen LogP contribution in [-0.4, -0.2) is 5.91 Å². The predicted octanol–water partition coefficient (Wildman–Crippen LogP) is 2.42. The van der Waals surface area contributed by atoms with E-state index in [2.05, 4.69) is 5.32 Å². The third kappa shape index (κ3) is 2.06. The van der Waals surface area contributed by atoms with Crippen LogP contribution in [-0.2, 0) is 0 Å². The summed E-state index contributed by atoms with van der Waals surface area (Å²) in [6.45, 7) is 1.89. The Labute approximate surface area is 93.1 Å². The van der Waals surface area contributed by atoms with Crippen LogP contribution in [0.15, 0.2) is 41.2 Å². The Bertz CT molecular complexity index is 504. The maximum Gasteiger partial charge on any atom is 0.258 e. The van der Waals surface area contributed by atoms with E-state index in [0.717, 1.165) is 11.3 Å². The first kappa shape index (κ1) is 10.3. The summed E-state index contributed by atoms with van der Waals surface area (Å²) in [4.78, 5) is 11.7. The molecule has 2 aromatic rings. The third-order valence-electron chi connectivity index (χ3n) is 2.31. The summed E-state index contributed by atoms with van der Waals surface area (Å²) in [5.74, 6) is -0.196. The fourth-order valence-corrected chi connectivity index (χ4v) is 1.35. The van der Waals surface area contributed by atoms with Crippen LogP contribution in [0.1, 0.15) is 15.9 Å². The lowest BCUT2D eigenvalue weighted by Crippen LogP contribution is -2.11. The number of nitrogens with two attached hydrogens (primary N) is 1. The van der Waals surface area contributed by atoms with Crippen molar-refractivity contribution in [3.05, 3.63) is 47.9 Å². The van der Waals surface area contributed by atoms with Crippen LogP contribution in [0, 0.1) is 6.92 Å². The van der Waals surface area contributed by atoms with Gasteiger partial charge in [0.2, 0.25) is 0 Å². The van der Waals surface area contributed by atoms with Crippen LogP contribution in [0.3, 0.4) is 0 Å². The zero-order chi connectivity index (χ0) is 11.5. The van der Waals surface area contributed by atoms with Gasteiger partial charge in [-0.25, -0.2) is 0 Å². The van der Waals surface area contributed by atoms with Crippen LogP contribution < -0.4 is 11.1 Å². The minimum absolute atomic E-state index is 0.196. The number of carbonyl (C=O) groups excluding carboxylic acids is 1. The molecule has 1 aromatic carbocycles. The number of anilines is 2. The SMILES string of the molecule is Cc1cc(NC(=O)c2ccoc2)ccc1N. The fourth-order valence-electron chi connectivity index (χ4n) is 1.35. The highest BCUT2D eigenvalue weighted by atomic mass is 16.3. The second kappa shape index (κ2) is 4.10. The van der Waals surface area contributed by atoms with Crippen LogP contribution in [0.25, 0.3) is 0 Å². The average molecular weight is 216 g/mol. The van der Waals surface area contributed by atoms with Gasteiger partial charge in [-0.3, -0.25) is 4.79 Å². The van der Waals surface area contributed by atoms with Gasteiger partial charge < -0.3 is 15.5 Å². The zero-order valence-corrected chi connectivity index (χ0v) is 8.86. The lowest BCUT2D eigenvalue weighted by molar-refractivity contribution is 0.102. The first-order chi connectivity index (χ1) is 7.66. The molecular formula is C12H12N2O2. The van der Waals surface area contributed by atoms with E-state index in [1.807, 2.05) is 13.0 Å². The summed E-state index contributed by atoms with van der Waals surface area (Å²) in [5.41, 5.74) is 8.55. The molecule has 0 radical (unpaired) electrons. The van der Waals surface area contributed by atoms with Crippen molar-refractivity contribution >= 4 is 17.3 Å². The van der Waals surface area contributed by atoms with Gasteiger partial charge in [0.05, 0.1) is 11.8 Å². The Balaban J connectivity index is 2.15. The molecule has 4 nitrogen and oxygen atoms in total. The molecule has 2 rings (SSSR count). The minimum Gasteiger partial charge on any atom is -0.472 e. The predicted molar refractivity (Wildman–Crippen MR) is 62.3 cm³/mol. The molecule has 4 heteroatoms. The lowest BCUT2D eigenvalue weighted by atomic mass is 10.2. The highest BCUT2D eigenvalue weighted by Gasteiger charge is 2.07. The molecule has 3 N–H and O–H groups in total. The Kier molecular flexibility index (Phi) is 2.64. The molecule has 0 spiro atoms. The molecule has 0 unspecified atom stereocenters. The Morgan fingerprint density at radius 2 is 2.19 bits per heavy atom. The van der Waals surface area contributed by atoms with Crippen molar-refractivity contribution in [2.24, 2.45) is 0 Å². The van der Waals surface area contributed by atoms with Crippen LogP contribution in [0.4, 0.5) is 11.4 Å². The van der Waals surface area contributed by atoms with Crippen LogP contribution in [0.2, 0.25) is 0 Å². The van der Waals surface area contributed by atoms with Gasteiger partial charge in [-0.1, -0.05) is 0 Å². The zero-order valence-electron chi connectivity index (χ0n) is 8.86. The summed E-state index contributed by atoms with van der Waals surface area (Å²) in [5, 5.41) is 2.76. The largest absolute Gasteiger partial charge is 0.472 e.